The van der Waals surface area contributed by atoms with Crippen LogP contribution in [0.1, 0.15) is 10.4 Å². The van der Waals surface area contributed by atoms with Gasteiger partial charge in [0, 0.05) is 10.9 Å². The molecular weight excluding hydrogens is 214 g/mol. The fourth-order valence-electron chi connectivity index (χ4n) is 1.95. The Kier molecular flexibility index (Phi) is 3.40. The van der Waals surface area contributed by atoms with Crippen molar-refractivity contribution in [2.45, 2.75) is 0 Å². The predicted octanol–water partition coefficient (Wildman–Crippen LogP) is 2.25. The summed E-state index contributed by atoms with van der Waals surface area (Å²) in [5.74, 6) is 0.882. The first-order chi connectivity index (χ1) is 8.27. The highest BCUT2D eigenvalue weighted by Gasteiger charge is 2.11. The zero-order valence-electron chi connectivity index (χ0n) is 9.99. The van der Waals surface area contributed by atoms with Gasteiger partial charge in [-0.2, -0.15) is 0 Å². The van der Waals surface area contributed by atoms with Crippen LogP contribution in [-0.2, 0) is 0 Å². The third kappa shape index (κ3) is 2.15. The summed E-state index contributed by atoms with van der Waals surface area (Å²) in [6, 6.07) is 11.4. The number of rotatable bonds is 4. The number of Topliss-reactive ketones (excluding diaryl/α,β-unsaturated/α-hetero) is 1. The Hall–Kier alpha value is -1.87. The van der Waals surface area contributed by atoms with Crippen LogP contribution < -0.4 is 10.1 Å². The summed E-state index contributed by atoms with van der Waals surface area (Å²) in [6.07, 6.45) is 0. The summed E-state index contributed by atoms with van der Waals surface area (Å²) in [6.45, 7) is 0.344. The number of nitrogens with one attached hydrogen (secondary N) is 1. The molecule has 2 aromatic rings. The Morgan fingerprint density at radius 3 is 2.53 bits per heavy atom. The molecule has 0 fully saturated rings. The Bertz CT molecular complexity index is 549. The van der Waals surface area contributed by atoms with Crippen molar-refractivity contribution in [3.8, 4) is 5.75 Å². The third-order valence-electron chi connectivity index (χ3n) is 2.74. The molecule has 0 unspecified atom stereocenters. The van der Waals surface area contributed by atoms with Gasteiger partial charge in [0.15, 0.2) is 5.78 Å². The van der Waals surface area contributed by atoms with E-state index in [0.29, 0.717) is 6.54 Å². The highest BCUT2D eigenvalue weighted by atomic mass is 16.5. The molecule has 0 aliphatic carbocycles. The van der Waals surface area contributed by atoms with Crippen LogP contribution >= 0.6 is 0 Å². The van der Waals surface area contributed by atoms with E-state index < -0.39 is 0 Å². The van der Waals surface area contributed by atoms with E-state index in [1.807, 2.05) is 36.4 Å². The van der Waals surface area contributed by atoms with Crippen molar-refractivity contribution in [1.82, 2.24) is 5.32 Å². The van der Waals surface area contributed by atoms with Gasteiger partial charge in [0.25, 0.3) is 0 Å². The van der Waals surface area contributed by atoms with Crippen molar-refractivity contribution in [2.24, 2.45) is 0 Å². The van der Waals surface area contributed by atoms with Gasteiger partial charge in [-0.1, -0.05) is 24.3 Å². The van der Waals surface area contributed by atoms with Gasteiger partial charge < -0.3 is 10.1 Å². The summed E-state index contributed by atoms with van der Waals surface area (Å²) >= 11 is 0. The molecular formula is C14H15NO2. The number of hydrogen-bond acceptors (Lipinski definition) is 3. The largest absolute Gasteiger partial charge is 0.496 e. The molecule has 2 aromatic carbocycles. The van der Waals surface area contributed by atoms with E-state index in [9.17, 15) is 4.79 Å². The van der Waals surface area contributed by atoms with Gasteiger partial charge in [-0.3, -0.25) is 4.79 Å². The first kappa shape index (κ1) is 11.6. The van der Waals surface area contributed by atoms with Crippen LogP contribution in [0.15, 0.2) is 36.4 Å². The fourth-order valence-corrected chi connectivity index (χ4v) is 1.95. The quantitative estimate of drug-likeness (QED) is 0.817. The van der Waals surface area contributed by atoms with Crippen LogP contribution in [0, 0.1) is 0 Å². The van der Waals surface area contributed by atoms with Gasteiger partial charge >= 0.3 is 0 Å². The molecule has 3 heteroatoms. The molecule has 0 aromatic heterocycles. The number of methoxy groups -OCH3 is 1. The third-order valence-corrected chi connectivity index (χ3v) is 2.74. The topological polar surface area (TPSA) is 38.3 Å². The molecule has 0 amide bonds. The first-order valence-electron chi connectivity index (χ1n) is 5.51. The number of hydrogen-bond donors (Lipinski definition) is 1. The molecule has 0 aliphatic heterocycles. The Labute approximate surface area is 100 Å². The predicted molar refractivity (Wildman–Crippen MR) is 68.8 cm³/mol. The maximum absolute atomic E-state index is 12.0. The standard InChI is InChI=1S/C14H15NO2/c1-15-9-13(16)11-7-8-14(17-2)12-6-4-3-5-10(11)12/h3-8,15H,9H2,1-2H3. The lowest BCUT2D eigenvalue weighted by atomic mass is 10.0. The minimum absolute atomic E-state index is 0.0892. The number of benzene rings is 2. The van der Waals surface area contributed by atoms with Crippen molar-refractivity contribution >= 4 is 16.6 Å². The van der Waals surface area contributed by atoms with Crippen molar-refractivity contribution in [3.63, 3.8) is 0 Å². The maximum atomic E-state index is 12.0. The Balaban J connectivity index is 2.62. The molecule has 3 nitrogen and oxygen atoms in total. The normalized spacial score (nSPS) is 10.5. The number of ether oxygens (including phenoxy) is 1. The zero-order chi connectivity index (χ0) is 12.3. The number of fused-ring (bicyclic) bond motifs is 1. The number of carbonyl (C=O) groups excluding carboxylic acids is 1. The van der Waals surface area contributed by atoms with E-state index in [-0.39, 0.29) is 5.78 Å². The molecule has 0 spiro atoms. The first-order valence-corrected chi connectivity index (χ1v) is 5.51. The SMILES string of the molecule is CNCC(=O)c1ccc(OC)c2ccccc12. The lowest BCUT2D eigenvalue weighted by Crippen LogP contribution is -2.18. The molecule has 0 atom stereocenters. The Morgan fingerprint density at radius 1 is 1.18 bits per heavy atom. The molecule has 0 bridgehead atoms. The molecule has 88 valence electrons. The van der Waals surface area contributed by atoms with Crippen molar-refractivity contribution < 1.29 is 9.53 Å². The molecule has 0 heterocycles. The summed E-state index contributed by atoms with van der Waals surface area (Å²) in [7, 11) is 3.40. The van der Waals surface area contributed by atoms with Gasteiger partial charge in [0.1, 0.15) is 5.75 Å². The second-order valence-electron chi connectivity index (χ2n) is 3.81. The molecule has 0 saturated heterocycles. The molecule has 2 rings (SSSR count). The second kappa shape index (κ2) is 4.97. The monoisotopic (exact) mass is 229 g/mol. The van der Waals surface area contributed by atoms with E-state index in [1.165, 1.54) is 0 Å². The molecule has 0 saturated carbocycles. The smallest absolute Gasteiger partial charge is 0.177 e. The Morgan fingerprint density at radius 2 is 1.88 bits per heavy atom. The minimum atomic E-state index is 0.0892. The lowest BCUT2D eigenvalue weighted by Gasteiger charge is -2.09. The molecule has 17 heavy (non-hydrogen) atoms. The maximum Gasteiger partial charge on any atom is 0.177 e. The number of ketones is 1. The number of carbonyl (C=O) groups is 1. The van der Waals surface area contributed by atoms with Crippen LogP contribution in [0.3, 0.4) is 0 Å². The van der Waals surface area contributed by atoms with Crippen LogP contribution in [0.2, 0.25) is 0 Å². The average molecular weight is 229 g/mol. The van der Waals surface area contributed by atoms with E-state index >= 15 is 0 Å². The van der Waals surface area contributed by atoms with Gasteiger partial charge in [-0.15, -0.1) is 0 Å². The molecule has 0 radical (unpaired) electrons. The minimum Gasteiger partial charge on any atom is -0.496 e. The van der Waals surface area contributed by atoms with Gasteiger partial charge in [-0.25, -0.2) is 0 Å². The molecule has 1 N–H and O–H groups in total. The highest BCUT2D eigenvalue weighted by Crippen LogP contribution is 2.28. The van der Waals surface area contributed by atoms with Gasteiger partial charge in [0.05, 0.1) is 13.7 Å². The van der Waals surface area contributed by atoms with Gasteiger partial charge in [-0.05, 0) is 24.6 Å². The summed E-state index contributed by atoms with van der Waals surface area (Å²) in [5, 5.41) is 4.78. The summed E-state index contributed by atoms with van der Waals surface area (Å²) < 4.78 is 5.30. The van der Waals surface area contributed by atoms with Crippen LogP contribution in [0.25, 0.3) is 10.8 Å². The van der Waals surface area contributed by atoms with Crippen LogP contribution in [-0.4, -0.2) is 26.5 Å². The van der Waals surface area contributed by atoms with E-state index in [1.54, 1.807) is 14.2 Å². The molecule has 0 aliphatic rings. The van der Waals surface area contributed by atoms with E-state index in [0.717, 1.165) is 22.1 Å². The number of likely N-dealkylation sites (N-methyl/N-ethyl adjacent to an activating group) is 1. The average Bonchev–Trinajstić information content (AvgIpc) is 2.37. The van der Waals surface area contributed by atoms with Crippen molar-refractivity contribution in [3.05, 3.63) is 42.0 Å². The van der Waals surface area contributed by atoms with Crippen molar-refractivity contribution in [1.29, 1.82) is 0 Å². The van der Waals surface area contributed by atoms with Crippen LogP contribution in [0.5, 0.6) is 5.75 Å². The van der Waals surface area contributed by atoms with E-state index in [4.69, 9.17) is 4.74 Å². The fraction of sp³-hybridized carbons (Fsp3) is 0.214. The zero-order valence-corrected chi connectivity index (χ0v) is 9.99. The van der Waals surface area contributed by atoms with Crippen LogP contribution in [0.4, 0.5) is 0 Å². The van der Waals surface area contributed by atoms with Gasteiger partial charge in [0.2, 0.25) is 0 Å². The van der Waals surface area contributed by atoms with Crippen molar-refractivity contribution in [2.75, 3.05) is 20.7 Å². The second-order valence-corrected chi connectivity index (χ2v) is 3.81. The lowest BCUT2D eigenvalue weighted by molar-refractivity contribution is 0.0995. The summed E-state index contributed by atoms with van der Waals surface area (Å²) in [4.78, 5) is 12.0. The van der Waals surface area contributed by atoms with E-state index in [2.05, 4.69) is 5.32 Å². The highest BCUT2D eigenvalue weighted by molar-refractivity contribution is 6.10. The summed E-state index contributed by atoms with van der Waals surface area (Å²) in [5.41, 5.74) is 0.732.